The van der Waals surface area contributed by atoms with E-state index < -0.39 is 18.7 Å². The monoisotopic (exact) mass is 302 g/mol. The van der Waals surface area contributed by atoms with Gasteiger partial charge in [0.25, 0.3) is 0 Å². The zero-order valence-corrected chi connectivity index (χ0v) is 11.2. The molecule has 0 aliphatic heterocycles. The number of hydrogen-bond acceptors (Lipinski definition) is 4. The predicted octanol–water partition coefficient (Wildman–Crippen LogP) is 2.47. The van der Waals surface area contributed by atoms with Gasteiger partial charge in [-0.3, -0.25) is 4.79 Å². The topological polar surface area (TPSA) is 71.3 Å². The number of carbonyl (C=O) groups is 1. The van der Waals surface area contributed by atoms with Crippen molar-refractivity contribution >= 4 is 11.6 Å². The van der Waals surface area contributed by atoms with E-state index in [1.165, 1.54) is 25.3 Å². The number of anilines is 1. The summed E-state index contributed by atoms with van der Waals surface area (Å²) in [5.41, 5.74) is 0.690. The van der Waals surface area contributed by atoms with E-state index in [1.807, 2.05) is 6.07 Å². The first-order chi connectivity index (χ1) is 9.85. The Labute approximate surface area is 119 Å². The van der Waals surface area contributed by atoms with Gasteiger partial charge in [-0.05, 0) is 12.1 Å². The Balaban J connectivity index is 2.50. The molecule has 0 unspecified atom stereocenters. The number of alkyl halides is 3. The Morgan fingerprint density at radius 1 is 1.43 bits per heavy atom. The zero-order chi connectivity index (χ0) is 15.9. The molecule has 1 N–H and O–H groups in total. The minimum atomic E-state index is -4.41. The van der Waals surface area contributed by atoms with Crippen LogP contribution in [0.5, 0.6) is 5.75 Å². The molecule has 0 saturated carbocycles. The number of hydrogen-bond donors (Lipinski definition) is 1. The van der Waals surface area contributed by atoms with Gasteiger partial charge in [-0.15, -0.1) is 0 Å². The first kappa shape index (κ1) is 16.8. The molecule has 0 aliphatic rings. The second kappa shape index (κ2) is 7.50. The number of ether oxygens (including phenoxy) is 2. The van der Waals surface area contributed by atoms with E-state index in [-0.39, 0.29) is 13.0 Å². The van der Waals surface area contributed by atoms with Crippen LogP contribution >= 0.6 is 0 Å². The summed E-state index contributed by atoms with van der Waals surface area (Å²) >= 11 is 0. The molecular formula is C13H13F3N2O3. The largest absolute Gasteiger partial charge is 0.495 e. The molecule has 0 atom stereocenters. The average Bonchev–Trinajstić information content (AvgIpc) is 2.43. The van der Waals surface area contributed by atoms with Crippen LogP contribution < -0.4 is 10.1 Å². The number of methoxy groups -OCH3 is 1. The number of nitriles is 1. The summed E-state index contributed by atoms with van der Waals surface area (Å²) in [6.45, 7) is -1.73. The maximum absolute atomic E-state index is 11.8. The van der Waals surface area contributed by atoms with Crippen LogP contribution in [0.1, 0.15) is 12.0 Å². The van der Waals surface area contributed by atoms with Crippen LogP contribution in [-0.2, 0) is 9.53 Å². The first-order valence-electron chi connectivity index (χ1n) is 5.88. The molecule has 0 heterocycles. The van der Waals surface area contributed by atoms with Crippen molar-refractivity contribution in [3.8, 4) is 11.8 Å². The molecule has 0 saturated heterocycles. The molecule has 0 radical (unpaired) electrons. The van der Waals surface area contributed by atoms with Gasteiger partial charge in [0.2, 0.25) is 5.91 Å². The highest BCUT2D eigenvalue weighted by molar-refractivity contribution is 5.92. The Kier molecular flexibility index (Phi) is 5.99. The number of nitrogens with one attached hydrogen (secondary N) is 1. The molecule has 21 heavy (non-hydrogen) atoms. The minimum Gasteiger partial charge on any atom is -0.495 e. The van der Waals surface area contributed by atoms with Gasteiger partial charge in [-0.25, -0.2) is 0 Å². The predicted molar refractivity (Wildman–Crippen MR) is 67.8 cm³/mol. The summed E-state index contributed by atoms with van der Waals surface area (Å²) in [4.78, 5) is 11.6. The van der Waals surface area contributed by atoms with Crippen LogP contribution in [0.15, 0.2) is 18.2 Å². The number of carbonyl (C=O) groups excluding carboxylic acids is 1. The van der Waals surface area contributed by atoms with Crippen LogP contribution in [0, 0.1) is 11.3 Å². The van der Waals surface area contributed by atoms with E-state index in [1.54, 1.807) is 0 Å². The van der Waals surface area contributed by atoms with Gasteiger partial charge in [-0.1, -0.05) is 0 Å². The third-order valence-corrected chi connectivity index (χ3v) is 2.34. The molecule has 0 aromatic heterocycles. The van der Waals surface area contributed by atoms with Crippen molar-refractivity contribution < 1.29 is 27.4 Å². The smallest absolute Gasteiger partial charge is 0.411 e. The third kappa shape index (κ3) is 6.14. The summed E-state index contributed by atoms with van der Waals surface area (Å²) < 4.78 is 44.8. The van der Waals surface area contributed by atoms with Crippen molar-refractivity contribution in [1.29, 1.82) is 5.26 Å². The molecule has 1 amide bonds. The van der Waals surface area contributed by atoms with Gasteiger partial charge in [-0.2, -0.15) is 18.4 Å². The highest BCUT2D eigenvalue weighted by atomic mass is 19.4. The molecule has 8 heteroatoms. The fourth-order valence-corrected chi connectivity index (χ4v) is 1.43. The lowest BCUT2D eigenvalue weighted by Gasteiger charge is -2.11. The molecule has 1 rings (SSSR count). The summed E-state index contributed by atoms with van der Waals surface area (Å²) in [6.07, 6.45) is -4.63. The SMILES string of the molecule is COc1cc(C#N)ccc1NC(=O)CCOCC(F)(F)F. The summed E-state index contributed by atoms with van der Waals surface area (Å²) in [5.74, 6) is -0.223. The van der Waals surface area contributed by atoms with Gasteiger partial charge in [0.15, 0.2) is 0 Å². The van der Waals surface area contributed by atoms with Crippen molar-refractivity contribution in [2.24, 2.45) is 0 Å². The molecular weight excluding hydrogens is 289 g/mol. The molecule has 0 aliphatic carbocycles. The maximum atomic E-state index is 11.8. The van der Waals surface area contributed by atoms with E-state index in [9.17, 15) is 18.0 Å². The standard InChI is InChI=1S/C13H13F3N2O3/c1-20-11-6-9(7-17)2-3-10(11)18-12(19)4-5-21-8-13(14,15)16/h2-3,6H,4-5,8H2,1H3,(H,18,19). The van der Waals surface area contributed by atoms with Crippen LogP contribution in [0.4, 0.5) is 18.9 Å². The van der Waals surface area contributed by atoms with Crippen LogP contribution in [-0.4, -0.2) is 32.4 Å². The molecule has 0 fully saturated rings. The number of halogens is 3. The van der Waals surface area contributed by atoms with Crippen molar-refractivity contribution in [2.75, 3.05) is 25.6 Å². The lowest BCUT2D eigenvalue weighted by atomic mass is 10.2. The second-order valence-electron chi connectivity index (χ2n) is 3.99. The summed E-state index contributed by atoms with van der Waals surface area (Å²) in [5, 5.41) is 11.2. The number of nitrogens with zero attached hydrogens (tertiary/aromatic N) is 1. The second-order valence-corrected chi connectivity index (χ2v) is 3.99. The normalized spacial score (nSPS) is 10.8. The Morgan fingerprint density at radius 2 is 2.14 bits per heavy atom. The van der Waals surface area contributed by atoms with Gasteiger partial charge < -0.3 is 14.8 Å². The maximum Gasteiger partial charge on any atom is 0.411 e. The summed E-state index contributed by atoms with van der Waals surface area (Å²) in [6, 6.07) is 6.32. The minimum absolute atomic E-state index is 0.223. The summed E-state index contributed by atoms with van der Waals surface area (Å²) in [7, 11) is 1.37. The van der Waals surface area contributed by atoms with E-state index in [4.69, 9.17) is 10.00 Å². The van der Waals surface area contributed by atoms with Gasteiger partial charge in [0.05, 0.1) is 37.5 Å². The van der Waals surface area contributed by atoms with Crippen LogP contribution in [0.3, 0.4) is 0 Å². The Morgan fingerprint density at radius 3 is 2.71 bits per heavy atom. The average molecular weight is 302 g/mol. The lowest BCUT2D eigenvalue weighted by molar-refractivity contribution is -0.174. The van der Waals surface area contributed by atoms with Crippen molar-refractivity contribution in [3.63, 3.8) is 0 Å². The van der Waals surface area contributed by atoms with E-state index >= 15 is 0 Å². The van der Waals surface area contributed by atoms with Crippen molar-refractivity contribution in [2.45, 2.75) is 12.6 Å². The molecule has 5 nitrogen and oxygen atoms in total. The zero-order valence-electron chi connectivity index (χ0n) is 11.2. The molecule has 0 spiro atoms. The molecule has 1 aromatic carbocycles. The highest BCUT2D eigenvalue weighted by Crippen LogP contribution is 2.25. The molecule has 114 valence electrons. The Bertz CT molecular complexity index is 538. The third-order valence-electron chi connectivity index (χ3n) is 2.34. The number of amides is 1. The van der Waals surface area contributed by atoms with Gasteiger partial charge >= 0.3 is 6.18 Å². The quantitative estimate of drug-likeness (QED) is 0.819. The first-order valence-corrected chi connectivity index (χ1v) is 5.88. The van der Waals surface area contributed by atoms with E-state index in [0.717, 1.165) is 0 Å². The number of benzene rings is 1. The fraction of sp³-hybridized carbons (Fsp3) is 0.385. The fourth-order valence-electron chi connectivity index (χ4n) is 1.43. The van der Waals surface area contributed by atoms with E-state index in [0.29, 0.717) is 17.0 Å². The molecule has 1 aromatic rings. The van der Waals surface area contributed by atoms with E-state index in [2.05, 4.69) is 10.1 Å². The highest BCUT2D eigenvalue weighted by Gasteiger charge is 2.27. The van der Waals surface area contributed by atoms with Crippen molar-refractivity contribution in [3.05, 3.63) is 23.8 Å². The van der Waals surface area contributed by atoms with Gasteiger partial charge in [0.1, 0.15) is 12.4 Å². The molecule has 0 bridgehead atoms. The van der Waals surface area contributed by atoms with Crippen LogP contribution in [0.25, 0.3) is 0 Å². The lowest BCUT2D eigenvalue weighted by Crippen LogP contribution is -2.20. The van der Waals surface area contributed by atoms with Gasteiger partial charge in [0, 0.05) is 6.07 Å². The Hall–Kier alpha value is -2.27. The van der Waals surface area contributed by atoms with Crippen LogP contribution in [0.2, 0.25) is 0 Å². The number of rotatable bonds is 6. The van der Waals surface area contributed by atoms with Crippen molar-refractivity contribution in [1.82, 2.24) is 0 Å².